The first-order valence-electron chi connectivity index (χ1n) is 8.96. The molecule has 2 aromatic rings. The first-order valence-corrected chi connectivity index (χ1v) is 9.34. The van der Waals surface area contributed by atoms with Crippen molar-refractivity contribution < 1.29 is 4.92 Å². The van der Waals surface area contributed by atoms with Crippen LogP contribution in [0.5, 0.6) is 0 Å². The van der Waals surface area contributed by atoms with Crippen molar-refractivity contribution in [2.24, 2.45) is 4.99 Å². The number of nitrogens with zero attached hydrogens (tertiary/aromatic N) is 3. The number of anilines is 1. The van der Waals surface area contributed by atoms with E-state index in [1.54, 1.807) is 12.3 Å². The Morgan fingerprint density at radius 2 is 2.04 bits per heavy atom. The fraction of sp³-hybridized carbons (Fsp3) is 0.381. The van der Waals surface area contributed by atoms with Gasteiger partial charge in [-0.2, -0.15) is 0 Å². The quantitative estimate of drug-likeness (QED) is 0.368. The van der Waals surface area contributed by atoms with Crippen molar-refractivity contribution in [1.82, 2.24) is 0 Å². The molecule has 1 atom stereocenters. The summed E-state index contributed by atoms with van der Waals surface area (Å²) in [6.07, 6.45) is 2.80. The maximum atomic E-state index is 10.9. The van der Waals surface area contributed by atoms with Gasteiger partial charge in [-0.1, -0.05) is 18.5 Å². The number of hydrogen-bond acceptors (Lipinski definition) is 4. The second kappa shape index (κ2) is 6.97. The van der Waals surface area contributed by atoms with Gasteiger partial charge in [-0.25, -0.2) is 0 Å². The molecule has 0 fully saturated rings. The smallest absolute Gasteiger partial charge is 0.269 e. The normalized spacial score (nSPS) is 18.6. The number of nitro benzene ring substituents is 1. The van der Waals surface area contributed by atoms with Crippen molar-refractivity contribution >= 4 is 34.9 Å². The molecule has 6 heteroatoms. The van der Waals surface area contributed by atoms with E-state index in [1.807, 2.05) is 13.0 Å². The van der Waals surface area contributed by atoms with Gasteiger partial charge in [0.15, 0.2) is 0 Å². The van der Waals surface area contributed by atoms with Gasteiger partial charge in [0.25, 0.3) is 5.69 Å². The molecule has 0 bridgehead atoms. The molecule has 27 heavy (non-hydrogen) atoms. The minimum atomic E-state index is -0.403. The number of non-ortho nitro benzene ring substituents is 1. The molecule has 0 saturated carbocycles. The van der Waals surface area contributed by atoms with E-state index in [0.717, 1.165) is 23.2 Å². The van der Waals surface area contributed by atoms with Gasteiger partial charge in [0.2, 0.25) is 0 Å². The standard InChI is InChI=1S/C21H24ClN3O2/c1-13-8-16(25(26)27)6-7-19(13)23-12-15-9-17-14(2)11-21(3,4)24(5)20(17)10-18(15)22/h6-10,12,14H,11H2,1-5H3. The zero-order valence-corrected chi connectivity index (χ0v) is 17.0. The van der Waals surface area contributed by atoms with E-state index in [4.69, 9.17) is 11.6 Å². The molecule has 0 aromatic heterocycles. The summed E-state index contributed by atoms with van der Waals surface area (Å²) in [4.78, 5) is 17.3. The number of hydrogen-bond donors (Lipinski definition) is 0. The van der Waals surface area contributed by atoms with Crippen LogP contribution in [0.4, 0.5) is 17.1 Å². The van der Waals surface area contributed by atoms with Crippen molar-refractivity contribution in [3.63, 3.8) is 0 Å². The average Bonchev–Trinajstić information content (AvgIpc) is 2.58. The third kappa shape index (κ3) is 3.69. The second-order valence-electron chi connectivity index (χ2n) is 7.90. The summed E-state index contributed by atoms with van der Waals surface area (Å²) >= 11 is 6.53. The number of benzene rings is 2. The van der Waals surface area contributed by atoms with E-state index in [2.05, 4.69) is 43.8 Å². The van der Waals surface area contributed by atoms with E-state index in [-0.39, 0.29) is 11.2 Å². The Morgan fingerprint density at radius 1 is 1.33 bits per heavy atom. The lowest BCUT2D eigenvalue weighted by Gasteiger charge is -2.45. The number of aliphatic imine (C=N–C) groups is 1. The third-order valence-electron chi connectivity index (χ3n) is 5.49. The van der Waals surface area contributed by atoms with E-state index >= 15 is 0 Å². The molecule has 0 radical (unpaired) electrons. The summed E-state index contributed by atoms with van der Waals surface area (Å²) in [5.74, 6) is 0.428. The predicted octanol–water partition coefficient (Wildman–Crippen LogP) is 6.03. The highest BCUT2D eigenvalue weighted by molar-refractivity contribution is 6.33. The van der Waals surface area contributed by atoms with Crippen LogP contribution in [0.25, 0.3) is 0 Å². The van der Waals surface area contributed by atoms with E-state index < -0.39 is 4.92 Å². The first-order chi connectivity index (χ1) is 12.6. The van der Waals surface area contributed by atoms with Crippen molar-refractivity contribution in [1.29, 1.82) is 0 Å². The van der Waals surface area contributed by atoms with Gasteiger partial charge in [-0.3, -0.25) is 15.1 Å². The molecular formula is C21H24ClN3O2. The van der Waals surface area contributed by atoms with Crippen molar-refractivity contribution in [2.75, 3.05) is 11.9 Å². The Bertz CT molecular complexity index is 937. The largest absolute Gasteiger partial charge is 0.369 e. The number of rotatable bonds is 3. The van der Waals surface area contributed by atoms with Crippen LogP contribution in [-0.2, 0) is 0 Å². The second-order valence-corrected chi connectivity index (χ2v) is 8.30. The average molecular weight is 386 g/mol. The summed E-state index contributed by atoms with van der Waals surface area (Å²) in [5.41, 5.74) is 4.88. The van der Waals surface area contributed by atoms with Crippen LogP contribution in [0.3, 0.4) is 0 Å². The first kappa shape index (κ1) is 19.4. The lowest BCUT2D eigenvalue weighted by Crippen LogP contribution is -2.45. The maximum absolute atomic E-state index is 10.9. The van der Waals surface area contributed by atoms with E-state index in [0.29, 0.717) is 16.6 Å². The minimum Gasteiger partial charge on any atom is -0.369 e. The highest BCUT2D eigenvalue weighted by Crippen LogP contribution is 2.44. The molecular weight excluding hydrogens is 362 g/mol. The van der Waals surface area contributed by atoms with Gasteiger partial charge in [-0.05, 0) is 62.4 Å². The van der Waals surface area contributed by atoms with Crippen molar-refractivity contribution in [2.45, 2.75) is 45.6 Å². The number of aryl methyl sites for hydroxylation is 1. The summed E-state index contributed by atoms with van der Waals surface area (Å²) in [6.45, 7) is 8.54. The van der Waals surface area contributed by atoms with Gasteiger partial charge in [0.05, 0.1) is 15.6 Å². The molecule has 3 rings (SSSR count). The molecule has 0 amide bonds. The Balaban J connectivity index is 1.96. The molecule has 5 nitrogen and oxygen atoms in total. The van der Waals surface area contributed by atoms with Gasteiger partial charge in [-0.15, -0.1) is 0 Å². The molecule has 0 aliphatic carbocycles. The molecule has 142 valence electrons. The van der Waals surface area contributed by atoms with E-state index in [9.17, 15) is 10.1 Å². The SMILES string of the molecule is Cc1cc([N+](=O)[O-])ccc1N=Cc1cc2c(cc1Cl)N(C)C(C)(C)CC2C. The molecule has 1 aliphatic heterocycles. The fourth-order valence-electron chi connectivity index (χ4n) is 3.74. The number of halogens is 1. The molecule has 0 N–H and O–H groups in total. The summed E-state index contributed by atoms with van der Waals surface area (Å²) in [7, 11) is 2.11. The van der Waals surface area contributed by atoms with Crippen LogP contribution in [0.2, 0.25) is 5.02 Å². The zero-order chi connectivity index (χ0) is 19.9. The maximum Gasteiger partial charge on any atom is 0.269 e. The topological polar surface area (TPSA) is 58.7 Å². The van der Waals surface area contributed by atoms with Gasteiger partial charge in [0.1, 0.15) is 0 Å². The summed E-state index contributed by atoms with van der Waals surface area (Å²) in [6, 6.07) is 8.78. The van der Waals surface area contributed by atoms with Gasteiger partial charge in [0, 0.05) is 42.2 Å². The molecule has 1 unspecified atom stereocenters. The lowest BCUT2D eigenvalue weighted by molar-refractivity contribution is -0.384. The lowest BCUT2D eigenvalue weighted by atomic mass is 9.80. The monoisotopic (exact) mass is 385 g/mol. The number of nitro groups is 1. The van der Waals surface area contributed by atoms with Crippen LogP contribution in [-0.4, -0.2) is 23.7 Å². The van der Waals surface area contributed by atoms with Crippen LogP contribution < -0.4 is 4.90 Å². The number of fused-ring (bicyclic) bond motifs is 1. The highest BCUT2D eigenvalue weighted by Gasteiger charge is 2.34. The van der Waals surface area contributed by atoms with Gasteiger partial charge < -0.3 is 4.90 Å². The predicted molar refractivity (Wildman–Crippen MR) is 112 cm³/mol. The molecule has 1 aliphatic rings. The third-order valence-corrected chi connectivity index (χ3v) is 5.81. The van der Waals surface area contributed by atoms with Crippen molar-refractivity contribution in [3.8, 4) is 0 Å². The van der Waals surface area contributed by atoms with Crippen LogP contribution in [0.1, 0.15) is 49.8 Å². The molecule has 1 heterocycles. The van der Waals surface area contributed by atoms with Crippen LogP contribution >= 0.6 is 11.6 Å². The fourth-order valence-corrected chi connectivity index (χ4v) is 3.95. The van der Waals surface area contributed by atoms with Crippen molar-refractivity contribution in [3.05, 3.63) is 62.2 Å². The Morgan fingerprint density at radius 3 is 2.67 bits per heavy atom. The highest BCUT2D eigenvalue weighted by atomic mass is 35.5. The van der Waals surface area contributed by atoms with Gasteiger partial charge >= 0.3 is 0 Å². The summed E-state index contributed by atoms with van der Waals surface area (Å²) in [5, 5.41) is 11.5. The zero-order valence-electron chi connectivity index (χ0n) is 16.3. The Hall–Kier alpha value is -2.40. The van der Waals surface area contributed by atoms with Crippen LogP contribution in [0.15, 0.2) is 35.3 Å². The summed E-state index contributed by atoms with van der Waals surface area (Å²) < 4.78 is 0. The van der Waals surface area contributed by atoms with Crippen LogP contribution in [0, 0.1) is 17.0 Å². The Labute approximate surface area is 164 Å². The molecule has 0 saturated heterocycles. The van der Waals surface area contributed by atoms with E-state index in [1.165, 1.54) is 17.7 Å². The minimum absolute atomic E-state index is 0.0674. The molecule has 0 spiro atoms. The Kier molecular flexibility index (Phi) is 5.00. The molecule has 2 aromatic carbocycles.